The van der Waals surface area contributed by atoms with E-state index in [0.717, 1.165) is 47.1 Å². The van der Waals surface area contributed by atoms with Gasteiger partial charge in [-0.3, -0.25) is 0 Å². The number of halogens is 1. The topological polar surface area (TPSA) is 75.2 Å². The van der Waals surface area contributed by atoms with Crippen LogP contribution in [0.1, 0.15) is 17.8 Å². The van der Waals surface area contributed by atoms with E-state index >= 15 is 0 Å². The van der Waals surface area contributed by atoms with Gasteiger partial charge >= 0.3 is 5.97 Å². The lowest BCUT2D eigenvalue weighted by Gasteiger charge is -2.05. The molecule has 0 aliphatic carbocycles. The quantitative estimate of drug-likeness (QED) is 0.492. The number of carboxylic acid groups (broad SMARTS) is 1. The summed E-state index contributed by atoms with van der Waals surface area (Å²) in [5.41, 5.74) is 2.86. The Morgan fingerprint density at radius 3 is 2.64 bits per heavy atom. The SMILES string of the molecule is Cl.O=C(O)/C=C/c1ccc(OCCCc2nc3ccccc3[nH]2)cc1. The van der Waals surface area contributed by atoms with Crippen LogP contribution in [0.2, 0.25) is 0 Å². The Balaban J connectivity index is 0.00000225. The number of nitrogens with zero attached hydrogens (tertiary/aromatic N) is 1. The molecule has 1 aromatic heterocycles. The summed E-state index contributed by atoms with van der Waals surface area (Å²) in [7, 11) is 0. The minimum atomic E-state index is -0.957. The molecule has 1 heterocycles. The van der Waals surface area contributed by atoms with E-state index in [2.05, 4.69) is 9.97 Å². The second-order valence-corrected chi connectivity index (χ2v) is 5.39. The minimum absolute atomic E-state index is 0. The number of imidazole rings is 1. The van der Waals surface area contributed by atoms with E-state index in [0.29, 0.717) is 6.61 Å². The van der Waals surface area contributed by atoms with Crippen molar-refractivity contribution in [3.63, 3.8) is 0 Å². The van der Waals surface area contributed by atoms with Gasteiger partial charge < -0.3 is 14.8 Å². The number of carboxylic acids is 1. The first-order valence-corrected chi connectivity index (χ1v) is 7.78. The lowest BCUT2D eigenvalue weighted by atomic mass is 10.2. The van der Waals surface area contributed by atoms with Gasteiger partial charge in [-0.25, -0.2) is 9.78 Å². The number of benzene rings is 2. The van der Waals surface area contributed by atoms with Crippen molar-refractivity contribution in [2.45, 2.75) is 12.8 Å². The number of fused-ring (bicyclic) bond motifs is 1. The summed E-state index contributed by atoms with van der Waals surface area (Å²) >= 11 is 0. The van der Waals surface area contributed by atoms with Gasteiger partial charge in [-0.1, -0.05) is 24.3 Å². The van der Waals surface area contributed by atoms with Crippen molar-refractivity contribution in [3.8, 4) is 5.75 Å². The van der Waals surface area contributed by atoms with E-state index in [1.54, 1.807) is 6.08 Å². The first kappa shape index (κ1) is 18.5. The third kappa shape index (κ3) is 5.36. The van der Waals surface area contributed by atoms with Crippen molar-refractivity contribution in [2.75, 3.05) is 6.61 Å². The Bertz CT molecular complexity index is 823. The van der Waals surface area contributed by atoms with E-state index in [-0.39, 0.29) is 12.4 Å². The van der Waals surface area contributed by atoms with Gasteiger partial charge in [0.05, 0.1) is 17.6 Å². The first-order valence-electron chi connectivity index (χ1n) is 7.78. The van der Waals surface area contributed by atoms with Crippen molar-refractivity contribution in [1.82, 2.24) is 9.97 Å². The molecule has 6 heteroatoms. The highest BCUT2D eigenvalue weighted by Crippen LogP contribution is 2.14. The lowest BCUT2D eigenvalue weighted by molar-refractivity contribution is -0.131. The molecule has 3 rings (SSSR count). The van der Waals surface area contributed by atoms with Crippen LogP contribution in [0.5, 0.6) is 5.75 Å². The van der Waals surface area contributed by atoms with Gasteiger partial charge in [0.2, 0.25) is 0 Å². The molecule has 0 atom stereocenters. The fraction of sp³-hybridized carbons (Fsp3) is 0.158. The molecular formula is C19H19ClN2O3. The van der Waals surface area contributed by atoms with Crippen LogP contribution in [0.4, 0.5) is 0 Å². The molecule has 0 amide bonds. The van der Waals surface area contributed by atoms with Crippen LogP contribution in [-0.2, 0) is 11.2 Å². The Morgan fingerprint density at radius 1 is 1.16 bits per heavy atom. The molecule has 0 spiro atoms. The summed E-state index contributed by atoms with van der Waals surface area (Å²) in [4.78, 5) is 18.3. The molecule has 2 N–H and O–H groups in total. The van der Waals surface area contributed by atoms with Crippen LogP contribution in [0.25, 0.3) is 17.1 Å². The second kappa shape index (κ2) is 8.89. The molecule has 0 saturated carbocycles. The van der Waals surface area contributed by atoms with Crippen molar-refractivity contribution < 1.29 is 14.6 Å². The Labute approximate surface area is 151 Å². The number of aromatic amines is 1. The number of aliphatic carboxylic acids is 1. The molecular weight excluding hydrogens is 340 g/mol. The van der Waals surface area contributed by atoms with Crippen molar-refractivity contribution in [1.29, 1.82) is 0 Å². The zero-order chi connectivity index (χ0) is 16.8. The zero-order valence-electron chi connectivity index (χ0n) is 13.5. The zero-order valence-corrected chi connectivity index (χ0v) is 14.3. The van der Waals surface area contributed by atoms with Crippen LogP contribution in [0.3, 0.4) is 0 Å². The maximum Gasteiger partial charge on any atom is 0.328 e. The van der Waals surface area contributed by atoms with Gasteiger partial charge in [0.1, 0.15) is 11.6 Å². The van der Waals surface area contributed by atoms with Crippen LogP contribution >= 0.6 is 12.4 Å². The highest BCUT2D eigenvalue weighted by Gasteiger charge is 2.02. The normalized spacial score (nSPS) is 10.7. The summed E-state index contributed by atoms with van der Waals surface area (Å²) < 4.78 is 5.70. The third-order valence-electron chi connectivity index (χ3n) is 3.56. The number of aryl methyl sites for hydroxylation is 1. The predicted molar refractivity (Wildman–Crippen MR) is 100 cm³/mol. The second-order valence-electron chi connectivity index (χ2n) is 5.39. The highest BCUT2D eigenvalue weighted by molar-refractivity contribution is 5.85. The van der Waals surface area contributed by atoms with Gasteiger partial charge in [0.25, 0.3) is 0 Å². The molecule has 130 valence electrons. The maximum absolute atomic E-state index is 10.5. The van der Waals surface area contributed by atoms with Crippen LogP contribution in [0.15, 0.2) is 54.6 Å². The maximum atomic E-state index is 10.5. The molecule has 0 radical (unpaired) electrons. The fourth-order valence-corrected chi connectivity index (χ4v) is 2.40. The molecule has 0 fully saturated rings. The summed E-state index contributed by atoms with van der Waals surface area (Å²) in [5.74, 6) is 0.780. The molecule has 3 aromatic rings. The molecule has 25 heavy (non-hydrogen) atoms. The number of H-pyrrole nitrogens is 1. The van der Waals surface area contributed by atoms with Crippen LogP contribution in [-0.4, -0.2) is 27.7 Å². The van der Waals surface area contributed by atoms with E-state index in [9.17, 15) is 4.79 Å². The summed E-state index contributed by atoms with van der Waals surface area (Å²) in [5, 5.41) is 8.59. The Morgan fingerprint density at radius 2 is 1.92 bits per heavy atom. The van der Waals surface area contributed by atoms with Gasteiger partial charge in [-0.2, -0.15) is 0 Å². The third-order valence-corrected chi connectivity index (χ3v) is 3.56. The monoisotopic (exact) mass is 358 g/mol. The van der Waals surface area contributed by atoms with E-state index in [4.69, 9.17) is 9.84 Å². The standard InChI is InChI=1S/C19H18N2O3.ClH/c22-19(23)12-9-14-7-10-15(11-8-14)24-13-3-6-18-20-16-4-1-2-5-17(16)21-18;/h1-2,4-5,7-12H,3,6,13H2,(H,20,21)(H,22,23);1H/b12-9+;. The summed E-state index contributed by atoms with van der Waals surface area (Å²) in [6, 6.07) is 15.3. The number of para-hydroxylation sites is 2. The Kier molecular flexibility index (Phi) is 6.60. The summed E-state index contributed by atoms with van der Waals surface area (Å²) in [6.07, 6.45) is 4.35. The molecule has 0 aliphatic heterocycles. The van der Waals surface area contributed by atoms with E-state index in [1.165, 1.54) is 0 Å². The van der Waals surface area contributed by atoms with Gasteiger partial charge in [0.15, 0.2) is 0 Å². The largest absolute Gasteiger partial charge is 0.494 e. The number of hydrogen-bond donors (Lipinski definition) is 2. The van der Waals surface area contributed by atoms with Gasteiger partial charge in [-0.15, -0.1) is 12.4 Å². The lowest BCUT2D eigenvalue weighted by Crippen LogP contribution is -2.00. The van der Waals surface area contributed by atoms with Gasteiger partial charge in [0, 0.05) is 12.5 Å². The highest BCUT2D eigenvalue weighted by atomic mass is 35.5. The van der Waals surface area contributed by atoms with Crippen LogP contribution in [0, 0.1) is 0 Å². The molecule has 0 saturated heterocycles. The van der Waals surface area contributed by atoms with E-state index in [1.807, 2.05) is 48.5 Å². The molecule has 0 unspecified atom stereocenters. The number of carbonyl (C=O) groups is 1. The average molecular weight is 359 g/mol. The average Bonchev–Trinajstić information content (AvgIpc) is 3.00. The fourth-order valence-electron chi connectivity index (χ4n) is 2.40. The number of aromatic nitrogens is 2. The first-order chi connectivity index (χ1) is 11.7. The number of rotatable bonds is 7. The molecule has 0 bridgehead atoms. The van der Waals surface area contributed by atoms with E-state index < -0.39 is 5.97 Å². The number of hydrogen-bond acceptors (Lipinski definition) is 3. The summed E-state index contributed by atoms with van der Waals surface area (Å²) in [6.45, 7) is 0.599. The molecule has 5 nitrogen and oxygen atoms in total. The Hall–Kier alpha value is -2.79. The van der Waals surface area contributed by atoms with Gasteiger partial charge in [-0.05, 0) is 42.3 Å². The minimum Gasteiger partial charge on any atom is -0.494 e. The number of ether oxygens (including phenoxy) is 1. The van der Waals surface area contributed by atoms with Crippen molar-refractivity contribution in [3.05, 3.63) is 66.0 Å². The molecule has 0 aliphatic rings. The predicted octanol–water partition coefficient (Wildman–Crippen LogP) is 4.09. The number of nitrogens with one attached hydrogen (secondary N) is 1. The molecule has 2 aromatic carbocycles. The van der Waals surface area contributed by atoms with Crippen molar-refractivity contribution in [2.24, 2.45) is 0 Å². The van der Waals surface area contributed by atoms with Crippen molar-refractivity contribution >= 4 is 35.5 Å². The smallest absolute Gasteiger partial charge is 0.328 e. The van der Waals surface area contributed by atoms with Crippen LogP contribution < -0.4 is 4.74 Å².